The lowest BCUT2D eigenvalue weighted by molar-refractivity contribution is 0.0521. The molecule has 1 rings (SSSR count). The molecule has 0 aliphatic heterocycles. The van der Waals surface area contributed by atoms with E-state index >= 15 is 0 Å². The van der Waals surface area contributed by atoms with Gasteiger partial charge in [0.2, 0.25) is 0 Å². The van der Waals surface area contributed by atoms with Crippen LogP contribution in [-0.2, 0) is 4.74 Å². The van der Waals surface area contributed by atoms with E-state index < -0.39 is 5.97 Å². The van der Waals surface area contributed by atoms with Crippen LogP contribution in [0.5, 0.6) is 0 Å². The molecule has 66 valence electrons. The van der Waals surface area contributed by atoms with Crippen molar-refractivity contribution in [1.82, 2.24) is 7.76 Å². The summed E-state index contributed by atoms with van der Waals surface area (Å²) in [5.41, 5.74) is 5.70. The zero-order valence-electron chi connectivity index (χ0n) is 6.45. The first-order valence-corrected chi connectivity index (χ1v) is 4.29. The van der Waals surface area contributed by atoms with Gasteiger partial charge in [-0.3, -0.25) is 2.78 Å². The molecule has 1 heterocycles. The second kappa shape index (κ2) is 3.74. The standard InChI is InChI=1S/C6H8IN3O2/c1-2-12-6(11)4-5(8)10(7)3-9-4/h3H,2,8H2,1H3. The molecule has 1 aromatic heterocycles. The Morgan fingerprint density at radius 2 is 2.58 bits per heavy atom. The molecule has 0 unspecified atom stereocenters. The minimum absolute atomic E-state index is 0.172. The van der Waals surface area contributed by atoms with Gasteiger partial charge in [-0.15, -0.1) is 0 Å². The maximum absolute atomic E-state index is 11.1. The molecule has 0 atom stereocenters. The molecule has 5 nitrogen and oxygen atoms in total. The van der Waals surface area contributed by atoms with E-state index in [1.54, 1.807) is 6.92 Å². The van der Waals surface area contributed by atoms with Crippen molar-refractivity contribution < 1.29 is 9.53 Å². The van der Waals surface area contributed by atoms with Gasteiger partial charge in [0.25, 0.3) is 0 Å². The van der Waals surface area contributed by atoms with Crippen molar-refractivity contribution in [3.05, 3.63) is 12.0 Å². The first-order chi connectivity index (χ1) is 5.66. The van der Waals surface area contributed by atoms with Crippen molar-refractivity contribution in [2.75, 3.05) is 12.3 Å². The molecule has 6 heteroatoms. The summed E-state index contributed by atoms with van der Waals surface area (Å²) in [5.74, 6) is -0.167. The minimum Gasteiger partial charge on any atom is -0.461 e. The number of carbonyl (C=O) groups is 1. The maximum Gasteiger partial charge on any atom is 0.360 e. The Labute approximate surface area is 83.4 Å². The topological polar surface area (TPSA) is 70.1 Å². The van der Waals surface area contributed by atoms with Crippen LogP contribution in [0.15, 0.2) is 6.33 Å². The summed E-state index contributed by atoms with van der Waals surface area (Å²) in [6.45, 7) is 2.06. The number of hydrogen-bond donors (Lipinski definition) is 1. The van der Waals surface area contributed by atoms with Gasteiger partial charge in [0, 0.05) is 0 Å². The lowest BCUT2D eigenvalue weighted by Crippen LogP contribution is -2.08. The third-order valence-electron chi connectivity index (χ3n) is 1.23. The Morgan fingerprint density at radius 1 is 1.92 bits per heavy atom. The maximum atomic E-state index is 11.1. The number of esters is 1. The summed E-state index contributed by atoms with van der Waals surface area (Å²) in [6.07, 6.45) is 1.46. The van der Waals surface area contributed by atoms with Crippen LogP contribution in [0, 0.1) is 0 Å². The van der Waals surface area contributed by atoms with E-state index in [-0.39, 0.29) is 5.69 Å². The lowest BCUT2D eigenvalue weighted by Gasteiger charge is -1.98. The summed E-state index contributed by atoms with van der Waals surface area (Å²) >= 11 is 1.93. The molecule has 0 aromatic carbocycles. The highest BCUT2D eigenvalue weighted by atomic mass is 127. The van der Waals surface area contributed by atoms with E-state index in [2.05, 4.69) is 4.98 Å². The minimum atomic E-state index is -0.481. The van der Waals surface area contributed by atoms with Gasteiger partial charge in [-0.05, 0) is 6.92 Å². The van der Waals surface area contributed by atoms with Crippen LogP contribution >= 0.6 is 22.9 Å². The van der Waals surface area contributed by atoms with E-state index in [1.165, 1.54) is 9.11 Å². The smallest absolute Gasteiger partial charge is 0.360 e. The number of hydrogen-bond acceptors (Lipinski definition) is 4. The van der Waals surface area contributed by atoms with Crippen LogP contribution in [-0.4, -0.2) is 20.3 Å². The molecule has 0 amide bonds. The number of anilines is 1. The normalized spacial score (nSPS) is 9.83. The molecular formula is C6H8IN3O2. The summed E-state index contributed by atoms with van der Waals surface area (Å²) in [5, 5.41) is 0. The van der Waals surface area contributed by atoms with Crippen molar-refractivity contribution in [3.63, 3.8) is 0 Å². The fourth-order valence-electron chi connectivity index (χ4n) is 0.695. The second-order valence-electron chi connectivity index (χ2n) is 2.01. The van der Waals surface area contributed by atoms with E-state index in [0.717, 1.165) is 0 Å². The lowest BCUT2D eigenvalue weighted by atomic mass is 10.4. The predicted molar refractivity (Wildman–Crippen MR) is 52.0 cm³/mol. The number of nitrogens with two attached hydrogens (primary N) is 1. The zero-order chi connectivity index (χ0) is 9.14. The quantitative estimate of drug-likeness (QED) is 0.644. The van der Waals surface area contributed by atoms with Gasteiger partial charge in [-0.1, -0.05) is 0 Å². The van der Waals surface area contributed by atoms with E-state index in [0.29, 0.717) is 12.4 Å². The summed E-state index contributed by atoms with van der Waals surface area (Å²) < 4.78 is 6.26. The highest BCUT2D eigenvalue weighted by molar-refractivity contribution is 14.1. The molecule has 0 fully saturated rings. The molecule has 12 heavy (non-hydrogen) atoms. The number of aromatic nitrogens is 2. The van der Waals surface area contributed by atoms with Crippen LogP contribution in [0.25, 0.3) is 0 Å². The molecule has 1 aromatic rings. The van der Waals surface area contributed by atoms with Crippen molar-refractivity contribution >= 4 is 34.7 Å². The van der Waals surface area contributed by atoms with E-state index in [1.807, 2.05) is 22.9 Å². The number of nitrogens with zero attached hydrogens (tertiary/aromatic N) is 2. The molecule has 0 bridgehead atoms. The molecule has 0 saturated heterocycles. The SMILES string of the molecule is CCOC(=O)c1ncn(I)c1N. The van der Waals surface area contributed by atoms with Crippen molar-refractivity contribution in [1.29, 1.82) is 0 Å². The van der Waals surface area contributed by atoms with Crippen LogP contribution < -0.4 is 5.73 Å². The van der Waals surface area contributed by atoms with Gasteiger partial charge in [-0.25, -0.2) is 9.78 Å². The summed E-state index contributed by atoms with van der Waals surface area (Å²) in [6, 6.07) is 0. The van der Waals surface area contributed by atoms with Crippen molar-refractivity contribution in [2.45, 2.75) is 6.92 Å². The number of halogens is 1. The third kappa shape index (κ3) is 1.68. The average molecular weight is 281 g/mol. The molecule has 0 saturated carbocycles. The van der Waals surface area contributed by atoms with Crippen LogP contribution in [0.1, 0.15) is 17.4 Å². The molecule has 0 aliphatic carbocycles. The van der Waals surface area contributed by atoms with Crippen molar-refractivity contribution in [2.24, 2.45) is 0 Å². The fraction of sp³-hybridized carbons (Fsp3) is 0.333. The second-order valence-corrected chi connectivity index (χ2v) is 3.05. The Morgan fingerprint density at radius 3 is 3.00 bits per heavy atom. The number of ether oxygens (including phenoxy) is 1. The van der Waals surface area contributed by atoms with Gasteiger partial charge in [-0.2, -0.15) is 0 Å². The largest absolute Gasteiger partial charge is 0.461 e. The van der Waals surface area contributed by atoms with Gasteiger partial charge in [0.05, 0.1) is 29.5 Å². The number of rotatable bonds is 2. The average Bonchev–Trinajstić information content (AvgIpc) is 2.34. The summed E-state index contributed by atoms with van der Waals surface area (Å²) in [7, 11) is 0. The zero-order valence-corrected chi connectivity index (χ0v) is 8.61. The summed E-state index contributed by atoms with van der Waals surface area (Å²) in [4.78, 5) is 14.9. The molecular weight excluding hydrogens is 273 g/mol. The Bertz CT molecular complexity index is 297. The first kappa shape index (κ1) is 9.30. The highest BCUT2D eigenvalue weighted by Crippen LogP contribution is 2.13. The Balaban J connectivity index is 2.88. The number of carbonyl (C=O) groups excluding carboxylic acids is 1. The molecule has 0 aliphatic rings. The first-order valence-electron chi connectivity index (χ1n) is 3.33. The molecule has 0 spiro atoms. The van der Waals surface area contributed by atoms with Gasteiger partial charge in [0.1, 0.15) is 12.1 Å². The molecule has 2 N–H and O–H groups in total. The van der Waals surface area contributed by atoms with Gasteiger partial charge < -0.3 is 10.5 Å². The van der Waals surface area contributed by atoms with Gasteiger partial charge >= 0.3 is 5.97 Å². The van der Waals surface area contributed by atoms with Gasteiger partial charge in [0.15, 0.2) is 5.69 Å². The molecule has 0 radical (unpaired) electrons. The van der Waals surface area contributed by atoms with Crippen LogP contribution in [0.3, 0.4) is 0 Å². The van der Waals surface area contributed by atoms with Crippen LogP contribution in [0.4, 0.5) is 5.82 Å². The number of imidazole rings is 1. The third-order valence-corrected chi connectivity index (χ3v) is 2.00. The highest BCUT2D eigenvalue weighted by Gasteiger charge is 2.15. The Hall–Kier alpha value is -0.790. The monoisotopic (exact) mass is 281 g/mol. The Kier molecular flexibility index (Phi) is 2.90. The number of nitrogen functional groups attached to an aromatic ring is 1. The van der Waals surface area contributed by atoms with Crippen LogP contribution in [0.2, 0.25) is 0 Å². The van der Waals surface area contributed by atoms with E-state index in [9.17, 15) is 4.79 Å². The fourth-order valence-corrected chi connectivity index (χ4v) is 1.05. The van der Waals surface area contributed by atoms with E-state index in [4.69, 9.17) is 10.5 Å². The van der Waals surface area contributed by atoms with Crippen molar-refractivity contribution in [3.8, 4) is 0 Å². The predicted octanol–water partition coefficient (Wildman–Crippen LogP) is 0.840.